The molecule has 1 aromatic rings. The van der Waals surface area contributed by atoms with Gasteiger partial charge in [-0.05, 0) is 55.3 Å². The minimum atomic E-state index is -1.02. The van der Waals surface area contributed by atoms with E-state index >= 15 is 0 Å². The van der Waals surface area contributed by atoms with E-state index in [1.807, 2.05) is 41.5 Å². The van der Waals surface area contributed by atoms with E-state index in [1.54, 1.807) is 4.90 Å². The summed E-state index contributed by atoms with van der Waals surface area (Å²) in [5, 5.41) is 11.5. The Labute approximate surface area is 296 Å². The molecule has 6 atom stereocenters. The lowest BCUT2D eigenvalue weighted by atomic mass is 9.82. The first-order valence-corrected chi connectivity index (χ1v) is 18.6. The third-order valence-corrected chi connectivity index (χ3v) is 10.6. The largest absolute Gasteiger partial charge is 0.347 e. The van der Waals surface area contributed by atoms with Crippen molar-refractivity contribution in [2.45, 2.75) is 142 Å². The van der Waals surface area contributed by atoms with Gasteiger partial charge in [-0.3, -0.25) is 33.8 Å². The van der Waals surface area contributed by atoms with Gasteiger partial charge in [-0.2, -0.15) is 0 Å². The second-order valence-corrected chi connectivity index (χ2v) is 15.4. The summed E-state index contributed by atoms with van der Waals surface area (Å²) >= 11 is 0. The Morgan fingerprint density at radius 1 is 0.900 bits per heavy atom. The summed E-state index contributed by atoms with van der Waals surface area (Å²) in [4.78, 5) is 91.7. The summed E-state index contributed by atoms with van der Waals surface area (Å²) in [5.74, 6) is -3.50. The van der Waals surface area contributed by atoms with Gasteiger partial charge in [0, 0.05) is 25.0 Å². The Hall–Kier alpha value is -3.90. The van der Waals surface area contributed by atoms with Gasteiger partial charge in [0.15, 0.2) is 0 Å². The highest BCUT2D eigenvalue weighted by Gasteiger charge is 2.50. The van der Waals surface area contributed by atoms with Crippen molar-refractivity contribution in [3.05, 3.63) is 24.3 Å². The molecule has 0 aromatic carbocycles. The number of ketones is 1. The summed E-state index contributed by atoms with van der Waals surface area (Å²) in [6.45, 7) is 11.8. The highest BCUT2D eigenvalue weighted by Crippen LogP contribution is 2.37. The zero-order chi connectivity index (χ0) is 36.6. The third-order valence-electron chi connectivity index (χ3n) is 10.6. The highest BCUT2D eigenvalue weighted by molar-refractivity contribution is 6.38. The van der Waals surface area contributed by atoms with E-state index < -0.39 is 64.9 Å². The Bertz CT molecular complexity index is 1370. The van der Waals surface area contributed by atoms with Crippen LogP contribution in [0, 0.1) is 23.2 Å². The molecule has 0 bridgehead atoms. The molecule has 2 saturated carbocycles. The van der Waals surface area contributed by atoms with Crippen LogP contribution >= 0.6 is 0 Å². The molecule has 5 amide bonds. The molecule has 2 aliphatic carbocycles. The Morgan fingerprint density at radius 3 is 2.16 bits per heavy atom. The summed E-state index contributed by atoms with van der Waals surface area (Å²) in [6, 6.07) is -3.80. The zero-order valence-corrected chi connectivity index (χ0v) is 30.6. The first-order valence-electron chi connectivity index (χ1n) is 18.6. The van der Waals surface area contributed by atoms with Crippen LogP contribution in [0.3, 0.4) is 0 Å². The number of carbonyl (C=O) groups excluding carboxylic acids is 6. The average molecular weight is 696 g/mol. The van der Waals surface area contributed by atoms with E-state index in [9.17, 15) is 28.8 Å². The van der Waals surface area contributed by atoms with E-state index in [0.29, 0.717) is 25.8 Å². The van der Waals surface area contributed by atoms with Crippen LogP contribution in [0.15, 0.2) is 18.6 Å². The fourth-order valence-corrected chi connectivity index (χ4v) is 7.54. The molecule has 6 unspecified atom stereocenters. The lowest BCUT2D eigenvalue weighted by Gasteiger charge is -2.38. The molecule has 0 spiro atoms. The topological polar surface area (TPSA) is 180 Å². The van der Waals surface area contributed by atoms with Gasteiger partial charge in [0.25, 0.3) is 11.8 Å². The van der Waals surface area contributed by atoms with Crippen molar-refractivity contribution in [1.29, 1.82) is 0 Å². The van der Waals surface area contributed by atoms with Gasteiger partial charge in [0.2, 0.25) is 23.5 Å². The highest BCUT2D eigenvalue weighted by atomic mass is 16.2. The predicted molar refractivity (Wildman–Crippen MR) is 187 cm³/mol. The molecular formula is C37H57N7O6. The Kier molecular flexibility index (Phi) is 13.5. The molecule has 13 heteroatoms. The van der Waals surface area contributed by atoms with Gasteiger partial charge in [-0.1, -0.05) is 80.1 Å². The van der Waals surface area contributed by atoms with Gasteiger partial charge >= 0.3 is 0 Å². The molecule has 1 aromatic heterocycles. The molecule has 4 N–H and O–H groups in total. The molecule has 1 aliphatic heterocycles. The molecule has 276 valence electrons. The summed E-state index contributed by atoms with van der Waals surface area (Å²) in [5.41, 5.74) is -0.662. The number of carbonyl (C=O) groups is 6. The number of amides is 5. The lowest BCUT2D eigenvalue weighted by Crippen LogP contribution is -2.62. The second kappa shape index (κ2) is 17.4. The number of nitrogens with one attached hydrogen (secondary N) is 4. The standard InChI is InChI=1S/C37H57N7O6/c1-7-13-26(30(45)35(49)40-24-16-17-24)41-34(48)29-25(9-3)22(8-2)21-44(29)36(50)31(37(4,5)6)43-33(47)28(23-14-11-10-12-15-23)42-32(46)27-20-38-18-19-39-27/h18-20,22-26,28-29,31H,7-17,21H2,1-6H3,(H,40,49)(H,41,48)(H,42,46)(H,43,47). The van der Waals surface area contributed by atoms with Crippen molar-refractivity contribution in [2.24, 2.45) is 23.2 Å². The predicted octanol–water partition coefficient (Wildman–Crippen LogP) is 3.08. The SMILES string of the molecule is CCCC(NC(=O)C1C(CC)C(CC)CN1C(=O)C(NC(=O)C(NC(=O)c1cnccn1)C1CCCCC1)C(C)(C)C)C(=O)C(=O)NC1CC1. The van der Waals surface area contributed by atoms with Gasteiger partial charge in [-0.25, -0.2) is 4.98 Å². The van der Waals surface area contributed by atoms with Crippen molar-refractivity contribution in [2.75, 3.05) is 6.54 Å². The molecule has 1 saturated heterocycles. The zero-order valence-electron chi connectivity index (χ0n) is 30.6. The van der Waals surface area contributed by atoms with Crippen LogP contribution in [0.4, 0.5) is 0 Å². The number of likely N-dealkylation sites (tertiary alicyclic amines) is 1. The molecule has 4 rings (SSSR count). The number of rotatable bonds is 15. The summed E-state index contributed by atoms with van der Waals surface area (Å²) < 4.78 is 0. The second-order valence-electron chi connectivity index (χ2n) is 15.4. The smallest absolute Gasteiger partial charge is 0.289 e. The number of hydrogen-bond donors (Lipinski definition) is 4. The van der Waals surface area contributed by atoms with E-state index in [2.05, 4.69) is 31.2 Å². The van der Waals surface area contributed by atoms with Crippen LogP contribution in [0.1, 0.15) is 123 Å². The van der Waals surface area contributed by atoms with Crippen molar-refractivity contribution >= 4 is 35.3 Å². The third kappa shape index (κ3) is 9.66. The molecule has 3 aliphatic rings. The van der Waals surface area contributed by atoms with Gasteiger partial charge in [0.05, 0.1) is 12.2 Å². The van der Waals surface area contributed by atoms with E-state index in [-0.39, 0.29) is 29.5 Å². The van der Waals surface area contributed by atoms with E-state index in [1.165, 1.54) is 18.6 Å². The van der Waals surface area contributed by atoms with Gasteiger partial charge in [-0.15, -0.1) is 0 Å². The lowest BCUT2D eigenvalue weighted by molar-refractivity contribution is -0.146. The quantitative estimate of drug-likeness (QED) is 0.202. The maximum atomic E-state index is 14.7. The fourth-order valence-electron chi connectivity index (χ4n) is 7.54. The first kappa shape index (κ1) is 38.9. The van der Waals surface area contributed by atoms with Crippen LogP contribution < -0.4 is 21.3 Å². The molecule has 2 heterocycles. The Morgan fingerprint density at radius 2 is 1.60 bits per heavy atom. The molecule has 50 heavy (non-hydrogen) atoms. The molecular weight excluding hydrogens is 638 g/mol. The van der Waals surface area contributed by atoms with Crippen LogP contribution in [-0.4, -0.2) is 86.9 Å². The molecule has 13 nitrogen and oxygen atoms in total. The number of nitrogens with zero attached hydrogens (tertiary/aromatic N) is 3. The van der Waals surface area contributed by atoms with E-state index in [4.69, 9.17) is 0 Å². The minimum Gasteiger partial charge on any atom is -0.347 e. The first-order chi connectivity index (χ1) is 23.8. The summed E-state index contributed by atoms with van der Waals surface area (Å²) in [7, 11) is 0. The monoisotopic (exact) mass is 695 g/mol. The van der Waals surface area contributed by atoms with Crippen LogP contribution in [0.5, 0.6) is 0 Å². The van der Waals surface area contributed by atoms with Crippen LogP contribution in [-0.2, 0) is 24.0 Å². The maximum Gasteiger partial charge on any atom is 0.289 e. The minimum absolute atomic E-state index is 0.00439. The number of hydrogen-bond acceptors (Lipinski definition) is 8. The van der Waals surface area contributed by atoms with Gasteiger partial charge in [0.1, 0.15) is 23.8 Å². The molecule has 0 radical (unpaired) electrons. The van der Waals surface area contributed by atoms with Crippen LogP contribution in [0.25, 0.3) is 0 Å². The van der Waals surface area contributed by atoms with E-state index in [0.717, 1.165) is 51.4 Å². The van der Waals surface area contributed by atoms with Crippen molar-refractivity contribution in [1.82, 2.24) is 36.1 Å². The number of aromatic nitrogens is 2. The van der Waals surface area contributed by atoms with Crippen molar-refractivity contribution < 1.29 is 28.8 Å². The molecule has 3 fully saturated rings. The van der Waals surface area contributed by atoms with Crippen molar-refractivity contribution in [3.63, 3.8) is 0 Å². The fraction of sp³-hybridized carbons (Fsp3) is 0.730. The summed E-state index contributed by atoms with van der Waals surface area (Å²) in [6.07, 6.45) is 12.6. The van der Waals surface area contributed by atoms with Gasteiger partial charge < -0.3 is 26.2 Å². The van der Waals surface area contributed by atoms with Crippen molar-refractivity contribution in [3.8, 4) is 0 Å². The average Bonchev–Trinajstić information content (AvgIpc) is 3.84. The number of Topliss-reactive ketones (excluding diaryl/α,β-unsaturated/α-hetero) is 1. The Balaban J connectivity index is 1.59. The van der Waals surface area contributed by atoms with Crippen LogP contribution in [0.2, 0.25) is 0 Å². The normalized spacial score (nSPS) is 22.9. The maximum absolute atomic E-state index is 14.7.